The average Bonchev–Trinajstić information content (AvgIpc) is 3.40. The van der Waals surface area contributed by atoms with Gasteiger partial charge in [0.2, 0.25) is 5.91 Å². The number of aliphatic hydroxyl groups excluding tert-OH is 1. The molecule has 11 nitrogen and oxygen atoms in total. The Morgan fingerprint density at radius 2 is 1.95 bits per heavy atom. The summed E-state index contributed by atoms with van der Waals surface area (Å²) in [6.07, 6.45) is 4.85. The van der Waals surface area contributed by atoms with Crippen molar-refractivity contribution in [1.82, 2.24) is 25.1 Å². The van der Waals surface area contributed by atoms with Gasteiger partial charge in [0.25, 0.3) is 0 Å². The fourth-order valence-corrected chi connectivity index (χ4v) is 4.95. The molecule has 1 aliphatic heterocycles. The van der Waals surface area contributed by atoms with E-state index < -0.39 is 0 Å². The molecule has 1 saturated heterocycles. The Hall–Kier alpha value is -4.22. The predicted octanol–water partition coefficient (Wildman–Crippen LogP) is 3.76. The largest absolute Gasteiger partial charge is 0.493 e. The fourth-order valence-electron chi connectivity index (χ4n) is 4.95. The van der Waals surface area contributed by atoms with Crippen molar-refractivity contribution in [3.8, 4) is 11.5 Å². The minimum atomic E-state index is -0.140. The van der Waals surface area contributed by atoms with Crippen LogP contribution in [-0.2, 0) is 11.2 Å². The molecule has 2 aromatic heterocycles. The minimum Gasteiger partial charge on any atom is -0.493 e. The molecule has 210 valence electrons. The zero-order valence-corrected chi connectivity index (χ0v) is 22.6. The first-order valence-electron chi connectivity index (χ1n) is 13.6. The average molecular weight is 546 g/mol. The number of aromatic nitrogens is 4. The summed E-state index contributed by atoms with van der Waals surface area (Å²) in [5.74, 6) is 2.82. The number of aromatic amines is 1. The number of rotatable bonds is 12. The molecule has 1 fully saturated rings. The number of H-pyrrole nitrogens is 1. The number of likely N-dealkylation sites (tertiary alicyclic amines) is 1. The Kier molecular flexibility index (Phi) is 9.04. The molecule has 0 aliphatic carbocycles. The molecule has 0 atom stereocenters. The van der Waals surface area contributed by atoms with Gasteiger partial charge in [0.15, 0.2) is 17.3 Å². The van der Waals surface area contributed by atoms with Gasteiger partial charge >= 0.3 is 0 Å². The lowest BCUT2D eigenvalue weighted by Gasteiger charge is -2.31. The van der Waals surface area contributed by atoms with Gasteiger partial charge in [0.1, 0.15) is 12.1 Å². The molecule has 3 heterocycles. The highest BCUT2D eigenvalue weighted by Crippen LogP contribution is 2.35. The van der Waals surface area contributed by atoms with Crippen LogP contribution in [0.5, 0.6) is 11.5 Å². The zero-order valence-electron chi connectivity index (χ0n) is 22.6. The van der Waals surface area contributed by atoms with Gasteiger partial charge in [0, 0.05) is 35.4 Å². The molecule has 0 unspecified atom stereocenters. The Morgan fingerprint density at radius 3 is 2.73 bits per heavy atom. The summed E-state index contributed by atoms with van der Waals surface area (Å²) in [4.78, 5) is 23.5. The molecule has 0 radical (unpaired) electrons. The van der Waals surface area contributed by atoms with Crippen LogP contribution in [0.1, 0.15) is 25.0 Å². The lowest BCUT2D eigenvalue weighted by atomic mass is 9.94. The quantitative estimate of drug-likeness (QED) is 0.210. The van der Waals surface area contributed by atoms with Crippen molar-refractivity contribution >= 4 is 34.1 Å². The Balaban J connectivity index is 1.20. The van der Waals surface area contributed by atoms with Gasteiger partial charge in [-0.3, -0.25) is 9.89 Å². The fraction of sp³-hybridized carbons (Fsp3) is 0.379. The predicted molar refractivity (Wildman–Crippen MR) is 153 cm³/mol. The molecule has 40 heavy (non-hydrogen) atoms. The Morgan fingerprint density at radius 1 is 1.12 bits per heavy atom. The monoisotopic (exact) mass is 545 g/mol. The number of carbonyl (C=O) groups excluding carboxylic acids is 1. The molecule has 0 bridgehead atoms. The summed E-state index contributed by atoms with van der Waals surface area (Å²) in [6, 6.07) is 14.8. The van der Waals surface area contributed by atoms with Gasteiger partial charge in [-0.1, -0.05) is 18.2 Å². The highest BCUT2D eigenvalue weighted by molar-refractivity contribution is 5.93. The normalized spacial score (nSPS) is 14.2. The van der Waals surface area contributed by atoms with E-state index in [-0.39, 0.29) is 18.9 Å². The molecule has 2 aromatic carbocycles. The van der Waals surface area contributed by atoms with E-state index in [1.807, 2.05) is 42.5 Å². The molecular formula is C29H35N7O4. The van der Waals surface area contributed by atoms with Crippen molar-refractivity contribution in [3.63, 3.8) is 0 Å². The number of para-hydroxylation sites is 1. The maximum absolute atomic E-state index is 12.4. The standard InChI is InChI=1S/C29H35N7O4/c1-39-25-17-23-24(18-26(25)40-14-9-20-7-10-36(11-8-20)12-13-37)30-19-31-29(23)33-27-15-22(34-35-27)16-28(38)32-21-5-3-2-4-6-21/h2-6,15,17-20,37H,7-14,16H2,1H3,(H,32,38)(H2,30,31,33,34,35). The molecule has 4 aromatic rings. The van der Waals surface area contributed by atoms with Crippen LogP contribution in [0.25, 0.3) is 10.9 Å². The summed E-state index contributed by atoms with van der Waals surface area (Å²) in [7, 11) is 1.61. The highest BCUT2D eigenvalue weighted by atomic mass is 16.5. The van der Waals surface area contributed by atoms with Crippen LogP contribution in [0.4, 0.5) is 17.3 Å². The minimum absolute atomic E-state index is 0.140. The maximum Gasteiger partial charge on any atom is 0.230 e. The van der Waals surface area contributed by atoms with Crippen LogP contribution < -0.4 is 20.1 Å². The van der Waals surface area contributed by atoms with Crippen LogP contribution in [-0.4, -0.2) is 76.0 Å². The lowest BCUT2D eigenvalue weighted by Crippen LogP contribution is -2.35. The van der Waals surface area contributed by atoms with E-state index in [9.17, 15) is 4.79 Å². The van der Waals surface area contributed by atoms with Crippen molar-refractivity contribution < 1.29 is 19.4 Å². The Bertz CT molecular complexity index is 1400. The summed E-state index contributed by atoms with van der Waals surface area (Å²) in [5.41, 5.74) is 2.12. The first kappa shape index (κ1) is 27.4. The number of carbonyl (C=O) groups is 1. The highest BCUT2D eigenvalue weighted by Gasteiger charge is 2.19. The van der Waals surface area contributed by atoms with Crippen LogP contribution in [0, 0.1) is 5.92 Å². The molecule has 4 N–H and O–H groups in total. The van der Waals surface area contributed by atoms with E-state index in [4.69, 9.17) is 14.6 Å². The number of amides is 1. The van der Waals surface area contributed by atoms with Crippen molar-refractivity contribution in [2.75, 3.05) is 50.6 Å². The number of ether oxygens (including phenoxy) is 2. The summed E-state index contributed by atoms with van der Waals surface area (Å²) in [6.45, 7) is 3.61. The van der Waals surface area contributed by atoms with Crippen LogP contribution in [0.15, 0.2) is 54.9 Å². The number of β-amino-alcohol motifs (C(OH)–C–C–N with tert-alkyl or cyclic N) is 1. The van der Waals surface area contributed by atoms with Crippen molar-refractivity contribution in [2.45, 2.75) is 25.7 Å². The SMILES string of the molecule is COc1cc2c(Nc3cc(CC(=O)Nc4ccccc4)[nH]n3)ncnc2cc1OCCC1CCN(CCO)CC1. The number of anilines is 3. The van der Waals surface area contributed by atoms with Crippen molar-refractivity contribution in [2.24, 2.45) is 5.92 Å². The van der Waals surface area contributed by atoms with E-state index in [1.165, 1.54) is 6.33 Å². The van der Waals surface area contributed by atoms with Crippen LogP contribution in [0.2, 0.25) is 0 Å². The first-order chi connectivity index (χ1) is 19.6. The number of hydrogen-bond acceptors (Lipinski definition) is 9. The van der Waals surface area contributed by atoms with E-state index >= 15 is 0 Å². The third kappa shape index (κ3) is 7.04. The van der Waals surface area contributed by atoms with Crippen LogP contribution >= 0.6 is 0 Å². The van der Waals surface area contributed by atoms with Crippen molar-refractivity contribution in [3.05, 3.63) is 60.6 Å². The number of piperidine rings is 1. The second-order valence-electron chi connectivity index (χ2n) is 9.88. The van der Waals surface area contributed by atoms with E-state index in [0.717, 1.165) is 50.0 Å². The molecular weight excluding hydrogens is 510 g/mol. The molecule has 0 saturated carbocycles. The Labute approximate surface area is 232 Å². The van der Waals surface area contributed by atoms with Gasteiger partial charge in [-0.15, -0.1) is 0 Å². The number of benzene rings is 2. The third-order valence-corrected chi connectivity index (χ3v) is 7.11. The molecule has 11 heteroatoms. The number of methoxy groups -OCH3 is 1. The van der Waals surface area contributed by atoms with Gasteiger partial charge in [-0.05, 0) is 56.5 Å². The second kappa shape index (κ2) is 13.2. The van der Waals surface area contributed by atoms with Gasteiger partial charge in [0.05, 0.1) is 32.3 Å². The lowest BCUT2D eigenvalue weighted by molar-refractivity contribution is -0.115. The van der Waals surface area contributed by atoms with E-state index in [2.05, 4.69) is 35.7 Å². The van der Waals surface area contributed by atoms with Gasteiger partial charge < -0.3 is 30.1 Å². The summed E-state index contributed by atoms with van der Waals surface area (Å²) < 4.78 is 11.8. The number of hydrogen-bond donors (Lipinski definition) is 4. The maximum atomic E-state index is 12.4. The molecule has 1 amide bonds. The van der Waals surface area contributed by atoms with Gasteiger partial charge in [-0.25, -0.2) is 9.97 Å². The van der Waals surface area contributed by atoms with E-state index in [1.54, 1.807) is 13.2 Å². The topological polar surface area (TPSA) is 138 Å². The molecule has 1 aliphatic rings. The zero-order chi connectivity index (χ0) is 27.7. The number of aliphatic hydroxyl groups is 1. The summed E-state index contributed by atoms with van der Waals surface area (Å²) >= 11 is 0. The number of nitrogens with zero attached hydrogens (tertiary/aromatic N) is 4. The second-order valence-corrected chi connectivity index (χ2v) is 9.88. The smallest absolute Gasteiger partial charge is 0.230 e. The molecule has 0 spiro atoms. The van der Waals surface area contributed by atoms with Crippen molar-refractivity contribution in [1.29, 1.82) is 0 Å². The molecule has 5 rings (SSSR count). The van der Waals surface area contributed by atoms with Gasteiger partial charge in [-0.2, -0.15) is 5.10 Å². The number of nitrogens with one attached hydrogen (secondary N) is 3. The van der Waals surface area contributed by atoms with Crippen LogP contribution in [0.3, 0.4) is 0 Å². The first-order valence-corrected chi connectivity index (χ1v) is 13.6. The number of fused-ring (bicyclic) bond motifs is 1. The third-order valence-electron chi connectivity index (χ3n) is 7.11. The van der Waals surface area contributed by atoms with E-state index in [0.29, 0.717) is 46.9 Å². The summed E-state index contributed by atoms with van der Waals surface area (Å²) in [5, 5.41) is 23.2.